The molecule has 0 heterocycles. The van der Waals surface area contributed by atoms with E-state index in [4.69, 9.17) is 10.8 Å². The Labute approximate surface area is 99.1 Å². The van der Waals surface area contributed by atoms with E-state index in [1.807, 2.05) is 5.70 Å². The molecule has 0 aromatic heterocycles. The van der Waals surface area contributed by atoms with Gasteiger partial charge in [0.25, 0.3) is 0 Å². The molecule has 0 aliphatic heterocycles. The number of carboxylic acids is 1. The second kappa shape index (κ2) is 5.00. The third-order valence-corrected chi connectivity index (χ3v) is 8.06. The van der Waals surface area contributed by atoms with E-state index in [1.165, 1.54) is 0 Å². The van der Waals surface area contributed by atoms with E-state index in [9.17, 15) is 4.79 Å². The second-order valence-electron chi connectivity index (χ2n) is 5.76. The Hall–Kier alpha value is -0.833. The van der Waals surface area contributed by atoms with Gasteiger partial charge in [0.05, 0.1) is 8.07 Å². The summed E-state index contributed by atoms with van der Waals surface area (Å²) in [4.78, 5) is 10.7. The van der Waals surface area contributed by atoms with Gasteiger partial charge in [-0.1, -0.05) is 39.6 Å². The molecule has 0 aromatic carbocycles. The van der Waals surface area contributed by atoms with Gasteiger partial charge in [0, 0.05) is 0 Å². The Balaban J connectivity index is 5.10. The van der Waals surface area contributed by atoms with Crippen molar-refractivity contribution >= 4 is 14.0 Å². The van der Waals surface area contributed by atoms with Crippen LogP contribution in [-0.2, 0) is 4.79 Å². The summed E-state index contributed by atoms with van der Waals surface area (Å²) in [6.45, 7) is 12.8. The predicted octanol–water partition coefficient (Wildman–Crippen LogP) is 2.55. The predicted molar refractivity (Wildman–Crippen MR) is 70.1 cm³/mol. The van der Waals surface area contributed by atoms with Crippen LogP contribution in [0.1, 0.15) is 27.7 Å². The number of aliphatic carboxylic acids is 1. The molecule has 0 rings (SSSR count). The van der Waals surface area contributed by atoms with Gasteiger partial charge >= 0.3 is 5.97 Å². The zero-order valence-electron chi connectivity index (χ0n) is 11.1. The molecule has 0 amide bonds. The highest BCUT2D eigenvalue weighted by atomic mass is 28.3. The fraction of sp³-hybridized carbons (Fsp3) is 0.667. The summed E-state index contributed by atoms with van der Waals surface area (Å²) < 4.78 is 0. The Morgan fingerprint density at radius 1 is 1.44 bits per heavy atom. The maximum atomic E-state index is 10.7. The SMILES string of the molecule is CC(=C=C[Si](C)(C)C(C)(C)C)[C@H](N)C(=O)O. The molecule has 0 aliphatic carbocycles. The smallest absolute Gasteiger partial charge is 0.325 e. The third kappa shape index (κ3) is 3.97. The molecule has 4 heteroatoms. The van der Waals surface area contributed by atoms with Crippen LogP contribution < -0.4 is 5.73 Å². The third-order valence-electron chi connectivity index (χ3n) is 3.33. The molecule has 0 fully saturated rings. The summed E-state index contributed by atoms with van der Waals surface area (Å²) in [5, 5.41) is 8.98. The molecule has 3 nitrogen and oxygen atoms in total. The largest absolute Gasteiger partial charge is 0.480 e. The lowest BCUT2D eigenvalue weighted by molar-refractivity contribution is -0.137. The lowest BCUT2D eigenvalue weighted by Crippen LogP contribution is -2.35. The number of hydrogen-bond acceptors (Lipinski definition) is 2. The molecule has 1 atom stereocenters. The fourth-order valence-electron chi connectivity index (χ4n) is 0.786. The highest BCUT2D eigenvalue weighted by Crippen LogP contribution is 2.36. The van der Waals surface area contributed by atoms with Gasteiger partial charge in [-0.05, 0) is 17.5 Å². The van der Waals surface area contributed by atoms with Crippen molar-refractivity contribution in [3.63, 3.8) is 0 Å². The average Bonchev–Trinajstić information content (AvgIpc) is 2.11. The van der Waals surface area contributed by atoms with Gasteiger partial charge in [0.1, 0.15) is 6.04 Å². The maximum Gasteiger partial charge on any atom is 0.325 e. The summed E-state index contributed by atoms with van der Waals surface area (Å²) in [5.74, 6) is -1.01. The second-order valence-corrected chi connectivity index (χ2v) is 11.0. The minimum atomic E-state index is -1.55. The Kier molecular flexibility index (Phi) is 4.74. The number of carbonyl (C=O) groups is 1. The average molecular weight is 241 g/mol. The van der Waals surface area contributed by atoms with Gasteiger partial charge < -0.3 is 10.8 Å². The highest BCUT2D eigenvalue weighted by molar-refractivity contribution is 6.84. The quantitative estimate of drug-likeness (QED) is 0.589. The number of carboxylic acid groups (broad SMARTS) is 1. The molecule has 92 valence electrons. The molecule has 0 bridgehead atoms. The van der Waals surface area contributed by atoms with E-state index >= 15 is 0 Å². The maximum absolute atomic E-state index is 10.7. The van der Waals surface area contributed by atoms with Crippen molar-refractivity contribution in [3.05, 3.63) is 17.0 Å². The van der Waals surface area contributed by atoms with Crippen LogP contribution in [0.5, 0.6) is 0 Å². The molecule has 16 heavy (non-hydrogen) atoms. The summed E-state index contributed by atoms with van der Waals surface area (Å²) in [6, 6.07) is -0.944. The van der Waals surface area contributed by atoms with Gasteiger partial charge in [-0.25, -0.2) is 0 Å². The first-order valence-electron chi connectivity index (χ1n) is 5.42. The van der Waals surface area contributed by atoms with Crippen LogP contribution in [0.25, 0.3) is 0 Å². The van der Waals surface area contributed by atoms with Crippen molar-refractivity contribution in [1.29, 1.82) is 0 Å². The first-order chi connectivity index (χ1) is 6.99. The standard InChI is InChI=1S/C12H23NO2Si/c1-9(10(13)11(14)15)7-8-16(5,6)12(2,3)4/h8,10H,13H2,1-6H3,(H,14,15)/t7?,10-/m0/s1. The fourth-order valence-corrected chi connectivity index (χ4v) is 1.81. The zero-order valence-corrected chi connectivity index (χ0v) is 12.1. The zero-order chi connectivity index (χ0) is 13.1. The monoisotopic (exact) mass is 241 g/mol. The van der Waals surface area contributed by atoms with Crippen molar-refractivity contribution in [3.8, 4) is 0 Å². The van der Waals surface area contributed by atoms with E-state index in [0.29, 0.717) is 5.57 Å². The Morgan fingerprint density at radius 3 is 2.19 bits per heavy atom. The number of hydrogen-bond donors (Lipinski definition) is 2. The molecule has 0 aromatic rings. The summed E-state index contributed by atoms with van der Waals surface area (Å²) in [5.41, 5.74) is 11.2. The van der Waals surface area contributed by atoms with Crippen LogP contribution in [0.4, 0.5) is 0 Å². The van der Waals surface area contributed by atoms with E-state index < -0.39 is 20.1 Å². The summed E-state index contributed by atoms with van der Waals surface area (Å²) in [6.07, 6.45) is 0. The topological polar surface area (TPSA) is 63.3 Å². The lowest BCUT2D eigenvalue weighted by Gasteiger charge is -2.33. The van der Waals surface area contributed by atoms with Crippen molar-refractivity contribution in [1.82, 2.24) is 0 Å². The molecule has 0 saturated heterocycles. The van der Waals surface area contributed by atoms with E-state index in [2.05, 4.69) is 39.6 Å². The Bertz CT molecular complexity index is 333. The van der Waals surface area contributed by atoms with Crippen LogP contribution in [0.3, 0.4) is 0 Å². The van der Waals surface area contributed by atoms with Crippen molar-refractivity contribution < 1.29 is 9.90 Å². The van der Waals surface area contributed by atoms with Crippen molar-refractivity contribution in [2.24, 2.45) is 5.73 Å². The minimum Gasteiger partial charge on any atom is -0.480 e. The van der Waals surface area contributed by atoms with E-state index in [1.54, 1.807) is 6.92 Å². The molecule has 0 aliphatic rings. The van der Waals surface area contributed by atoms with Crippen LogP contribution in [0.2, 0.25) is 18.1 Å². The van der Waals surface area contributed by atoms with Crippen LogP contribution >= 0.6 is 0 Å². The molecular weight excluding hydrogens is 218 g/mol. The molecular formula is C12H23NO2Si. The highest BCUT2D eigenvalue weighted by Gasteiger charge is 2.32. The molecule has 0 unspecified atom stereocenters. The molecule has 0 saturated carbocycles. The molecule has 0 radical (unpaired) electrons. The number of nitrogens with two attached hydrogens (primary N) is 1. The van der Waals surface area contributed by atoms with Gasteiger partial charge in [0.15, 0.2) is 0 Å². The normalized spacial score (nSPS) is 13.9. The summed E-state index contributed by atoms with van der Waals surface area (Å²) in [7, 11) is -1.55. The van der Waals surface area contributed by atoms with Crippen LogP contribution in [0, 0.1) is 0 Å². The number of rotatable bonds is 3. The van der Waals surface area contributed by atoms with Crippen molar-refractivity contribution in [2.75, 3.05) is 0 Å². The first-order valence-corrected chi connectivity index (χ1v) is 8.49. The van der Waals surface area contributed by atoms with E-state index in [-0.39, 0.29) is 5.04 Å². The van der Waals surface area contributed by atoms with Gasteiger partial charge in [-0.3, -0.25) is 4.79 Å². The van der Waals surface area contributed by atoms with Gasteiger partial charge in [0.2, 0.25) is 0 Å². The summed E-state index contributed by atoms with van der Waals surface area (Å²) >= 11 is 0. The Morgan fingerprint density at radius 2 is 1.88 bits per heavy atom. The molecule has 3 N–H and O–H groups in total. The van der Waals surface area contributed by atoms with Gasteiger partial charge in [-0.2, -0.15) is 0 Å². The minimum absolute atomic E-state index is 0.230. The molecule has 0 spiro atoms. The first kappa shape index (κ1) is 15.2. The van der Waals surface area contributed by atoms with Crippen LogP contribution in [-0.4, -0.2) is 25.2 Å². The lowest BCUT2D eigenvalue weighted by atomic mass is 10.1. The van der Waals surface area contributed by atoms with Crippen LogP contribution in [0.15, 0.2) is 17.0 Å². The van der Waals surface area contributed by atoms with E-state index in [0.717, 1.165) is 0 Å². The van der Waals surface area contributed by atoms with Crippen molar-refractivity contribution in [2.45, 2.75) is 51.9 Å². The van der Waals surface area contributed by atoms with Gasteiger partial charge in [-0.15, -0.1) is 5.73 Å².